The minimum atomic E-state index is 0.360. The van der Waals surface area contributed by atoms with Crippen molar-refractivity contribution < 1.29 is 0 Å². The predicted octanol–water partition coefficient (Wildman–Crippen LogP) is 3.47. The molecule has 0 amide bonds. The Morgan fingerprint density at radius 3 is 1.88 bits per heavy atom. The number of rotatable bonds is 4. The van der Waals surface area contributed by atoms with Gasteiger partial charge in [0.25, 0.3) is 0 Å². The molecular weight excluding hydrogens is 206 g/mol. The van der Waals surface area contributed by atoms with Gasteiger partial charge in [0.05, 0.1) is 0 Å². The van der Waals surface area contributed by atoms with Crippen molar-refractivity contribution in [2.45, 2.75) is 0 Å². The van der Waals surface area contributed by atoms with Gasteiger partial charge in [-0.2, -0.15) is 0 Å². The molecule has 2 rings (SSSR count). The van der Waals surface area contributed by atoms with Crippen molar-refractivity contribution in [2.75, 3.05) is 14.1 Å². The SMILES string of the molecule is C=C(/C=C(/C1C=CC=C1)N(C)C)C1C=CC=C1. The molecule has 0 heterocycles. The second-order valence-electron chi connectivity index (χ2n) is 4.63. The van der Waals surface area contributed by atoms with Crippen molar-refractivity contribution in [2.24, 2.45) is 11.8 Å². The van der Waals surface area contributed by atoms with Gasteiger partial charge in [-0.25, -0.2) is 0 Å². The van der Waals surface area contributed by atoms with E-state index in [1.165, 1.54) is 5.70 Å². The van der Waals surface area contributed by atoms with Crippen LogP contribution in [-0.4, -0.2) is 19.0 Å². The Kier molecular flexibility index (Phi) is 3.48. The Morgan fingerprint density at radius 2 is 1.41 bits per heavy atom. The molecule has 0 unspecified atom stereocenters. The van der Waals surface area contributed by atoms with Crippen LogP contribution >= 0.6 is 0 Å². The lowest BCUT2D eigenvalue weighted by Gasteiger charge is -2.22. The maximum absolute atomic E-state index is 4.18. The molecular formula is C16H19N. The highest BCUT2D eigenvalue weighted by atomic mass is 15.1. The second-order valence-corrected chi connectivity index (χ2v) is 4.63. The molecule has 0 aromatic carbocycles. The quantitative estimate of drug-likeness (QED) is 0.662. The fourth-order valence-electron chi connectivity index (χ4n) is 2.12. The molecule has 0 radical (unpaired) electrons. The van der Waals surface area contributed by atoms with Gasteiger partial charge in [-0.15, -0.1) is 0 Å². The maximum Gasteiger partial charge on any atom is 0.0355 e. The zero-order chi connectivity index (χ0) is 12.3. The molecule has 1 nitrogen and oxygen atoms in total. The van der Waals surface area contributed by atoms with Crippen LogP contribution in [0, 0.1) is 11.8 Å². The average molecular weight is 225 g/mol. The van der Waals surface area contributed by atoms with E-state index < -0.39 is 0 Å². The molecule has 0 fully saturated rings. The van der Waals surface area contributed by atoms with Crippen molar-refractivity contribution in [1.29, 1.82) is 0 Å². The van der Waals surface area contributed by atoms with Crippen molar-refractivity contribution in [1.82, 2.24) is 4.90 Å². The summed E-state index contributed by atoms with van der Waals surface area (Å²) in [6.07, 6.45) is 19.3. The van der Waals surface area contributed by atoms with Gasteiger partial charge < -0.3 is 4.90 Å². The van der Waals surface area contributed by atoms with E-state index >= 15 is 0 Å². The van der Waals surface area contributed by atoms with Gasteiger partial charge in [-0.1, -0.05) is 55.2 Å². The first-order chi connectivity index (χ1) is 8.18. The molecule has 0 atom stereocenters. The first kappa shape index (κ1) is 11.7. The Bertz CT molecular complexity index is 420. The summed E-state index contributed by atoms with van der Waals surface area (Å²) in [5, 5.41) is 0. The van der Waals surface area contributed by atoms with Crippen LogP contribution in [0.25, 0.3) is 0 Å². The van der Waals surface area contributed by atoms with E-state index in [-0.39, 0.29) is 0 Å². The molecule has 0 saturated carbocycles. The van der Waals surface area contributed by atoms with E-state index in [2.05, 4.69) is 80.3 Å². The molecule has 0 bridgehead atoms. The topological polar surface area (TPSA) is 3.24 Å². The Balaban J connectivity index is 2.17. The van der Waals surface area contributed by atoms with E-state index in [1.807, 2.05) is 0 Å². The average Bonchev–Trinajstić information content (AvgIpc) is 2.97. The highest BCUT2D eigenvalue weighted by Crippen LogP contribution is 2.26. The van der Waals surface area contributed by atoms with Crippen LogP contribution < -0.4 is 0 Å². The van der Waals surface area contributed by atoms with Gasteiger partial charge in [0, 0.05) is 31.6 Å². The molecule has 0 N–H and O–H groups in total. The van der Waals surface area contributed by atoms with Crippen LogP contribution in [0.2, 0.25) is 0 Å². The van der Waals surface area contributed by atoms with Crippen molar-refractivity contribution >= 4 is 0 Å². The highest BCUT2D eigenvalue weighted by Gasteiger charge is 2.14. The summed E-state index contributed by atoms with van der Waals surface area (Å²) < 4.78 is 0. The summed E-state index contributed by atoms with van der Waals surface area (Å²) in [6.45, 7) is 4.18. The summed E-state index contributed by atoms with van der Waals surface area (Å²) in [5.41, 5.74) is 2.43. The van der Waals surface area contributed by atoms with Crippen molar-refractivity contribution in [3.8, 4) is 0 Å². The normalized spacial score (nSPS) is 19.5. The lowest BCUT2D eigenvalue weighted by Crippen LogP contribution is -2.17. The van der Waals surface area contributed by atoms with Crippen molar-refractivity contribution in [3.63, 3.8) is 0 Å². The summed E-state index contributed by atoms with van der Waals surface area (Å²) >= 11 is 0. The maximum atomic E-state index is 4.18. The van der Waals surface area contributed by atoms with Crippen LogP contribution in [0.1, 0.15) is 0 Å². The Hall–Kier alpha value is -1.76. The Labute approximate surface area is 104 Å². The third-order valence-corrected chi connectivity index (χ3v) is 3.12. The number of nitrogens with zero attached hydrogens (tertiary/aromatic N) is 1. The summed E-state index contributed by atoms with van der Waals surface area (Å²) in [4.78, 5) is 2.16. The fourth-order valence-corrected chi connectivity index (χ4v) is 2.12. The van der Waals surface area contributed by atoms with Crippen LogP contribution in [-0.2, 0) is 0 Å². The van der Waals surface area contributed by atoms with E-state index in [9.17, 15) is 0 Å². The zero-order valence-electron chi connectivity index (χ0n) is 10.5. The number of hydrogen-bond acceptors (Lipinski definition) is 1. The highest BCUT2D eigenvalue weighted by molar-refractivity contribution is 5.38. The third-order valence-electron chi connectivity index (χ3n) is 3.12. The van der Waals surface area contributed by atoms with Crippen LogP contribution in [0.4, 0.5) is 0 Å². The monoisotopic (exact) mass is 225 g/mol. The smallest absolute Gasteiger partial charge is 0.0355 e. The first-order valence-electron chi connectivity index (χ1n) is 5.96. The van der Waals surface area contributed by atoms with E-state index in [4.69, 9.17) is 0 Å². The van der Waals surface area contributed by atoms with E-state index in [0.717, 1.165) is 5.57 Å². The number of hydrogen-bond donors (Lipinski definition) is 0. The molecule has 2 aliphatic rings. The first-order valence-corrected chi connectivity index (χ1v) is 5.96. The van der Waals surface area contributed by atoms with Crippen LogP contribution in [0.3, 0.4) is 0 Å². The zero-order valence-corrected chi connectivity index (χ0v) is 10.5. The molecule has 0 aromatic heterocycles. The lowest BCUT2D eigenvalue weighted by atomic mass is 9.97. The molecule has 1 heteroatoms. The standard InChI is InChI=1S/C16H19N/c1-13(14-8-4-5-9-14)12-16(17(2)3)15-10-6-7-11-15/h4-12,14-15H,1H2,2-3H3/b16-12-. The molecule has 88 valence electrons. The van der Waals surface area contributed by atoms with Gasteiger partial charge in [0.15, 0.2) is 0 Å². The van der Waals surface area contributed by atoms with Gasteiger partial charge >= 0.3 is 0 Å². The summed E-state index contributed by atoms with van der Waals surface area (Å²) in [5.74, 6) is 0.746. The molecule has 0 aliphatic heterocycles. The number of allylic oxidation sites excluding steroid dienone is 9. The van der Waals surface area contributed by atoms with Crippen molar-refractivity contribution in [3.05, 3.63) is 72.5 Å². The summed E-state index contributed by atoms with van der Waals surface area (Å²) in [6, 6.07) is 0. The molecule has 0 spiro atoms. The minimum Gasteiger partial charge on any atom is -0.380 e. The van der Waals surface area contributed by atoms with Gasteiger partial charge in [-0.05, 0) is 11.6 Å². The van der Waals surface area contributed by atoms with Crippen LogP contribution in [0.5, 0.6) is 0 Å². The van der Waals surface area contributed by atoms with Gasteiger partial charge in [0.2, 0.25) is 0 Å². The summed E-state index contributed by atoms with van der Waals surface area (Å²) in [7, 11) is 4.17. The fraction of sp³-hybridized carbons (Fsp3) is 0.250. The van der Waals surface area contributed by atoms with E-state index in [0.29, 0.717) is 11.8 Å². The molecule has 2 aliphatic carbocycles. The largest absolute Gasteiger partial charge is 0.380 e. The van der Waals surface area contributed by atoms with E-state index in [1.54, 1.807) is 0 Å². The van der Waals surface area contributed by atoms with Crippen LogP contribution in [0.15, 0.2) is 72.5 Å². The predicted molar refractivity (Wildman–Crippen MR) is 74.5 cm³/mol. The minimum absolute atomic E-state index is 0.360. The molecule has 0 saturated heterocycles. The second kappa shape index (κ2) is 5.05. The molecule has 17 heavy (non-hydrogen) atoms. The lowest BCUT2D eigenvalue weighted by molar-refractivity contribution is 0.476. The Morgan fingerprint density at radius 1 is 0.941 bits per heavy atom. The molecule has 0 aromatic rings. The van der Waals surface area contributed by atoms with Gasteiger partial charge in [0.1, 0.15) is 0 Å². The van der Waals surface area contributed by atoms with Gasteiger partial charge in [-0.3, -0.25) is 0 Å². The third kappa shape index (κ3) is 2.68.